The molecule has 0 bridgehead atoms. The summed E-state index contributed by atoms with van der Waals surface area (Å²) in [6, 6.07) is 19.9. The highest BCUT2D eigenvalue weighted by Gasteiger charge is 2.10. The van der Waals surface area contributed by atoms with Gasteiger partial charge in [-0.05, 0) is 93.2 Å². The summed E-state index contributed by atoms with van der Waals surface area (Å²) in [6.45, 7) is 0.306. The summed E-state index contributed by atoms with van der Waals surface area (Å²) in [5, 5.41) is 13.8. The molecule has 3 aromatic rings. The van der Waals surface area contributed by atoms with E-state index in [1.807, 2.05) is 30.3 Å². The van der Waals surface area contributed by atoms with Crippen molar-refractivity contribution < 1.29 is 9.53 Å². The van der Waals surface area contributed by atoms with Crippen molar-refractivity contribution in [1.82, 2.24) is 5.43 Å². The van der Waals surface area contributed by atoms with Gasteiger partial charge in [0.05, 0.1) is 25.0 Å². The van der Waals surface area contributed by atoms with Crippen LogP contribution < -0.4 is 10.2 Å². The summed E-state index contributed by atoms with van der Waals surface area (Å²) in [5.74, 6) is 0.426. The van der Waals surface area contributed by atoms with Crippen molar-refractivity contribution in [3.63, 3.8) is 0 Å². The van der Waals surface area contributed by atoms with Crippen LogP contribution in [0.2, 0.25) is 5.02 Å². The van der Waals surface area contributed by atoms with Gasteiger partial charge in [-0.3, -0.25) is 4.79 Å². The Hall–Kier alpha value is -2.16. The highest BCUT2D eigenvalue weighted by atomic mass is 127. The van der Waals surface area contributed by atoms with Gasteiger partial charge in [-0.15, -0.1) is 0 Å². The molecule has 5 nitrogen and oxygen atoms in total. The Kier molecular flexibility index (Phi) is 8.07. The molecule has 0 heterocycles. The molecule has 1 amide bonds. The number of nitriles is 1. The van der Waals surface area contributed by atoms with Gasteiger partial charge < -0.3 is 4.74 Å². The summed E-state index contributed by atoms with van der Waals surface area (Å²) < 4.78 is 7.77. The quantitative estimate of drug-likeness (QED) is 0.211. The average molecular weight is 642 g/mol. The maximum absolute atomic E-state index is 12.1. The summed E-state index contributed by atoms with van der Waals surface area (Å²) in [6.07, 6.45) is 1.58. The molecule has 3 aromatic carbocycles. The lowest BCUT2D eigenvalue weighted by atomic mass is 10.1. The number of hydrogen-bond donors (Lipinski definition) is 1. The Morgan fingerprint density at radius 3 is 2.47 bits per heavy atom. The molecular weight excluding hydrogens is 628 g/mol. The van der Waals surface area contributed by atoms with Gasteiger partial charge >= 0.3 is 0 Å². The van der Waals surface area contributed by atoms with Crippen LogP contribution in [0.3, 0.4) is 0 Å². The van der Waals surface area contributed by atoms with Gasteiger partial charge in [-0.25, -0.2) is 5.43 Å². The van der Waals surface area contributed by atoms with E-state index in [0.29, 0.717) is 22.8 Å². The van der Waals surface area contributed by atoms with Crippen molar-refractivity contribution in [2.24, 2.45) is 5.10 Å². The molecule has 0 atom stereocenters. The fourth-order valence-electron chi connectivity index (χ4n) is 2.53. The molecule has 0 aliphatic heterocycles. The zero-order valence-electron chi connectivity index (χ0n) is 15.4. The van der Waals surface area contributed by atoms with Crippen molar-refractivity contribution >= 4 is 68.9 Å². The highest BCUT2D eigenvalue weighted by Crippen LogP contribution is 2.29. The number of hydrazone groups is 1. The van der Waals surface area contributed by atoms with Crippen molar-refractivity contribution in [3.8, 4) is 11.8 Å². The Bertz CT molecular complexity index is 1120. The van der Waals surface area contributed by atoms with Crippen LogP contribution in [0, 0.1) is 18.5 Å². The first kappa shape index (κ1) is 22.5. The van der Waals surface area contributed by atoms with Crippen LogP contribution in [-0.2, 0) is 6.61 Å². The molecular formula is C22H14ClI2N3O2. The number of halogens is 3. The SMILES string of the molecule is N#Cc1ccccc1COc1c(I)cc(/C=N\NC(=O)c2ccc(Cl)cc2)cc1I. The molecule has 0 spiro atoms. The van der Waals surface area contributed by atoms with Gasteiger partial charge in [0, 0.05) is 16.1 Å². The van der Waals surface area contributed by atoms with Gasteiger partial charge in [0.2, 0.25) is 0 Å². The number of rotatable bonds is 6. The normalized spacial score (nSPS) is 10.6. The zero-order valence-corrected chi connectivity index (χ0v) is 20.5. The number of nitrogens with one attached hydrogen (secondary N) is 1. The highest BCUT2D eigenvalue weighted by molar-refractivity contribution is 14.1. The van der Waals surface area contributed by atoms with Crippen molar-refractivity contribution in [3.05, 3.63) is 95.1 Å². The van der Waals surface area contributed by atoms with E-state index in [9.17, 15) is 10.1 Å². The fourth-order valence-corrected chi connectivity index (χ4v) is 4.78. The lowest BCUT2D eigenvalue weighted by Gasteiger charge is -2.12. The summed E-state index contributed by atoms with van der Waals surface area (Å²) in [5.41, 5.74) is 5.23. The van der Waals surface area contributed by atoms with Crippen LogP contribution in [0.1, 0.15) is 27.0 Å². The van der Waals surface area contributed by atoms with E-state index in [2.05, 4.69) is 61.8 Å². The lowest BCUT2D eigenvalue weighted by Crippen LogP contribution is -2.17. The molecule has 1 N–H and O–H groups in total. The Morgan fingerprint density at radius 2 is 1.80 bits per heavy atom. The minimum atomic E-state index is -0.316. The van der Waals surface area contributed by atoms with Gasteiger partial charge in [0.15, 0.2) is 0 Å². The smallest absolute Gasteiger partial charge is 0.271 e. The number of amides is 1. The van der Waals surface area contributed by atoms with E-state index < -0.39 is 0 Å². The third-order valence-corrected chi connectivity index (χ3v) is 5.87. The molecule has 3 rings (SSSR count). The number of benzene rings is 3. The molecule has 0 unspecified atom stereocenters. The second kappa shape index (κ2) is 10.7. The summed E-state index contributed by atoms with van der Waals surface area (Å²) in [4.78, 5) is 12.1. The molecule has 0 aromatic heterocycles. The Labute approximate surface area is 206 Å². The maximum Gasteiger partial charge on any atom is 0.271 e. The first-order valence-electron chi connectivity index (χ1n) is 8.66. The predicted molar refractivity (Wildman–Crippen MR) is 134 cm³/mol. The van der Waals surface area contributed by atoms with Crippen molar-refractivity contribution in [2.75, 3.05) is 0 Å². The van der Waals surface area contributed by atoms with Crippen LogP contribution in [0.15, 0.2) is 65.8 Å². The van der Waals surface area contributed by atoms with Crippen molar-refractivity contribution in [1.29, 1.82) is 5.26 Å². The second-order valence-electron chi connectivity index (χ2n) is 6.08. The molecule has 8 heteroatoms. The van der Waals surface area contributed by atoms with E-state index in [0.717, 1.165) is 24.0 Å². The van der Waals surface area contributed by atoms with E-state index in [1.54, 1.807) is 36.5 Å². The number of carbonyl (C=O) groups is 1. The first-order valence-corrected chi connectivity index (χ1v) is 11.2. The molecule has 150 valence electrons. The topological polar surface area (TPSA) is 74.5 Å². The minimum absolute atomic E-state index is 0.306. The third kappa shape index (κ3) is 5.93. The number of nitrogens with zero attached hydrogens (tertiary/aromatic N) is 2. The van der Waals surface area contributed by atoms with Gasteiger partial charge in [-0.1, -0.05) is 29.8 Å². The third-order valence-electron chi connectivity index (χ3n) is 4.02. The fraction of sp³-hybridized carbons (Fsp3) is 0.0455. The molecule has 0 saturated heterocycles. The monoisotopic (exact) mass is 641 g/mol. The maximum atomic E-state index is 12.1. The second-order valence-corrected chi connectivity index (χ2v) is 8.84. The predicted octanol–water partition coefficient (Wildman–Crippen LogP) is 5.76. The van der Waals surface area contributed by atoms with Crippen molar-refractivity contribution in [2.45, 2.75) is 6.61 Å². The molecule has 0 fully saturated rings. The number of hydrogen-bond acceptors (Lipinski definition) is 4. The van der Waals surface area contributed by atoms with Crippen LogP contribution in [0.4, 0.5) is 0 Å². The number of carbonyl (C=O) groups excluding carboxylic acids is 1. The standard InChI is InChI=1S/C22H14ClI2N3O2/c23-18-7-5-15(6-8-18)22(29)28-27-12-14-9-19(24)21(20(25)10-14)30-13-17-4-2-1-3-16(17)11-26/h1-10,12H,13H2,(H,28,29)/b27-12-. The van der Waals surface area contributed by atoms with Gasteiger partial charge in [0.1, 0.15) is 12.4 Å². The van der Waals surface area contributed by atoms with Crippen LogP contribution in [-0.4, -0.2) is 12.1 Å². The summed E-state index contributed by atoms with van der Waals surface area (Å²) in [7, 11) is 0. The lowest BCUT2D eigenvalue weighted by molar-refractivity contribution is 0.0955. The van der Waals surface area contributed by atoms with Crippen LogP contribution in [0.25, 0.3) is 0 Å². The van der Waals surface area contributed by atoms with Gasteiger partial charge in [0.25, 0.3) is 5.91 Å². The van der Waals surface area contributed by atoms with E-state index in [-0.39, 0.29) is 5.91 Å². The largest absolute Gasteiger partial charge is 0.487 e. The average Bonchev–Trinajstić information content (AvgIpc) is 2.74. The minimum Gasteiger partial charge on any atom is -0.487 e. The molecule has 30 heavy (non-hydrogen) atoms. The Balaban J connectivity index is 1.66. The van der Waals surface area contributed by atoms with Crippen LogP contribution in [0.5, 0.6) is 5.75 Å². The van der Waals surface area contributed by atoms with E-state index >= 15 is 0 Å². The number of ether oxygens (including phenoxy) is 1. The summed E-state index contributed by atoms with van der Waals surface area (Å²) >= 11 is 10.2. The molecule has 0 saturated carbocycles. The van der Waals surface area contributed by atoms with Crippen LogP contribution >= 0.6 is 56.8 Å². The zero-order chi connectivity index (χ0) is 21.5. The van der Waals surface area contributed by atoms with Gasteiger partial charge in [-0.2, -0.15) is 10.4 Å². The molecule has 0 radical (unpaired) electrons. The molecule has 0 aliphatic rings. The first-order chi connectivity index (χ1) is 14.5. The van der Waals surface area contributed by atoms with E-state index in [1.165, 1.54) is 0 Å². The molecule has 0 aliphatic carbocycles. The Morgan fingerprint density at radius 1 is 1.13 bits per heavy atom. The van der Waals surface area contributed by atoms with E-state index in [4.69, 9.17) is 16.3 Å².